The van der Waals surface area contributed by atoms with E-state index in [9.17, 15) is 18.0 Å². The van der Waals surface area contributed by atoms with Crippen molar-refractivity contribution in [2.75, 3.05) is 5.75 Å². The Kier molecular flexibility index (Phi) is 4.88. The van der Waals surface area contributed by atoms with Crippen molar-refractivity contribution in [1.82, 2.24) is 14.5 Å². The van der Waals surface area contributed by atoms with E-state index in [4.69, 9.17) is 0 Å². The Labute approximate surface area is 150 Å². The number of halogens is 3. The number of alkyl halides is 3. The predicted octanol–water partition coefficient (Wildman–Crippen LogP) is 4.65. The maximum atomic E-state index is 12.7. The van der Waals surface area contributed by atoms with E-state index in [-0.39, 0.29) is 11.5 Å². The third-order valence-corrected chi connectivity index (χ3v) is 5.60. The van der Waals surface area contributed by atoms with Gasteiger partial charge in [-0.2, -0.15) is 13.2 Å². The van der Waals surface area contributed by atoms with Gasteiger partial charge in [-0.3, -0.25) is 4.79 Å². The fraction of sp³-hybridized carbons (Fsp3) is 0.312. The summed E-state index contributed by atoms with van der Waals surface area (Å²) < 4.78 is 39.2. The molecule has 25 heavy (non-hydrogen) atoms. The first-order valence-electron chi connectivity index (χ1n) is 7.34. The number of nitrogens with zero attached hydrogens (tertiary/aromatic N) is 3. The third kappa shape index (κ3) is 3.87. The number of aryl methyl sites for hydroxylation is 1. The summed E-state index contributed by atoms with van der Waals surface area (Å²) >= 11 is 2.75. The van der Waals surface area contributed by atoms with E-state index in [1.54, 1.807) is 13.8 Å². The number of aromatic nitrogens is 3. The zero-order valence-corrected chi connectivity index (χ0v) is 15.1. The fourth-order valence-electron chi connectivity index (χ4n) is 2.60. The number of rotatable bonds is 5. The van der Waals surface area contributed by atoms with Crippen LogP contribution in [-0.4, -0.2) is 32.2 Å². The molecular weight excluding hydrogens is 371 g/mol. The lowest BCUT2D eigenvalue weighted by Gasteiger charge is -2.12. The summed E-state index contributed by atoms with van der Waals surface area (Å²) in [4.78, 5) is 21.7. The summed E-state index contributed by atoms with van der Waals surface area (Å²) in [5.41, 5.74) is 1.08. The molecule has 9 heteroatoms. The highest BCUT2D eigenvalue weighted by atomic mass is 32.2. The Hall–Kier alpha value is -1.87. The Balaban J connectivity index is 1.78. The van der Waals surface area contributed by atoms with Crippen molar-refractivity contribution in [3.8, 4) is 0 Å². The minimum atomic E-state index is -4.32. The molecule has 0 aromatic carbocycles. The summed E-state index contributed by atoms with van der Waals surface area (Å²) in [5.74, 6) is -0.105. The first-order valence-corrected chi connectivity index (χ1v) is 9.20. The van der Waals surface area contributed by atoms with Crippen LogP contribution in [0.15, 0.2) is 28.9 Å². The van der Waals surface area contributed by atoms with Gasteiger partial charge in [-0.25, -0.2) is 9.97 Å². The standard InChI is InChI=1S/C16H14F3N3OS2/c1-9-5-12(10(2)22(9)7-16(17,18)19)13(23)6-25-15-11-3-4-24-14(11)20-8-21-15/h3-5,8H,6-7H2,1-2H3. The second-order valence-electron chi connectivity index (χ2n) is 5.52. The van der Waals surface area contributed by atoms with Gasteiger partial charge in [0.05, 0.1) is 5.75 Å². The van der Waals surface area contributed by atoms with Crippen LogP contribution in [0.25, 0.3) is 10.2 Å². The molecule has 0 amide bonds. The molecule has 3 heterocycles. The van der Waals surface area contributed by atoms with Gasteiger partial charge in [-0.05, 0) is 31.4 Å². The Morgan fingerprint density at radius 1 is 1.32 bits per heavy atom. The molecule has 0 aliphatic carbocycles. The second kappa shape index (κ2) is 6.80. The molecule has 0 aliphatic heterocycles. The number of hydrogen-bond donors (Lipinski definition) is 0. The summed E-state index contributed by atoms with van der Waals surface area (Å²) in [7, 11) is 0. The molecule has 0 saturated heterocycles. The summed E-state index contributed by atoms with van der Waals surface area (Å²) in [6.07, 6.45) is -2.88. The molecular formula is C16H14F3N3OS2. The van der Waals surface area contributed by atoms with Gasteiger partial charge < -0.3 is 4.57 Å². The average Bonchev–Trinajstić information content (AvgIpc) is 3.11. The van der Waals surface area contributed by atoms with Gasteiger partial charge in [0, 0.05) is 22.3 Å². The predicted molar refractivity (Wildman–Crippen MR) is 92.4 cm³/mol. The monoisotopic (exact) mass is 385 g/mol. The number of fused-ring (bicyclic) bond motifs is 1. The van der Waals surface area contributed by atoms with Crippen LogP contribution in [-0.2, 0) is 6.54 Å². The molecule has 3 rings (SSSR count). The molecule has 0 spiro atoms. The zero-order chi connectivity index (χ0) is 18.2. The minimum Gasteiger partial charge on any atom is -0.339 e. The summed E-state index contributed by atoms with van der Waals surface area (Å²) in [6, 6.07) is 3.41. The highest BCUT2D eigenvalue weighted by molar-refractivity contribution is 8.00. The van der Waals surface area contributed by atoms with E-state index in [1.807, 2.05) is 11.4 Å². The molecule has 3 aromatic heterocycles. The van der Waals surface area contributed by atoms with Crippen LogP contribution in [0.1, 0.15) is 21.7 Å². The van der Waals surface area contributed by atoms with E-state index in [0.29, 0.717) is 22.0 Å². The van der Waals surface area contributed by atoms with Crippen LogP contribution in [0.2, 0.25) is 0 Å². The van der Waals surface area contributed by atoms with Crippen molar-refractivity contribution in [3.05, 3.63) is 40.8 Å². The molecule has 0 N–H and O–H groups in total. The van der Waals surface area contributed by atoms with Crippen LogP contribution < -0.4 is 0 Å². The topological polar surface area (TPSA) is 47.8 Å². The SMILES string of the molecule is Cc1cc(C(=O)CSc2ncnc3sccc23)c(C)n1CC(F)(F)F. The van der Waals surface area contributed by atoms with Crippen molar-refractivity contribution in [1.29, 1.82) is 0 Å². The van der Waals surface area contributed by atoms with Crippen molar-refractivity contribution >= 4 is 39.1 Å². The molecule has 0 unspecified atom stereocenters. The van der Waals surface area contributed by atoms with E-state index < -0.39 is 12.7 Å². The smallest absolute Gasteiger partial charge is 0.339 e. The van der Waals surface area contributed by atoms with E-state index in [1.165, 1.54) is 35.5 Å². The molecule has 3 aromatic rings. The highest BCUT2D eigenvalue weighted by Crippen LogP contribution is 2.29. The van der Waals surface area contributed by atoms with Gasteiger partial charge in [-0.1, -0.05) is 11.8 Å². The first kappa shape index (κ1) is 17.9. The number of carbonyl (C=O) groups excluding carboxylic acids is 1. The minimum absolute atomic E-state index is 0.109. The van der Waals surface area contributed by atoms with Crippen LogP contribution in [0.3, 0.4) is 0 Å². The van der Waals surface area contributed by atoms with E-state index >= 15 is 0 Å². The van der Waals surface area contributed by atoms with Crippen LogP contribution >= 0.6 is 23.1 Å². The number of thiophene rings is 1. The van der Waals surface area contributed by atoms with Crippen molar-refractivity contribution in [3.63, 3.8) is 0 Å². The number of thioether (sulfide) groups is 1. The van der Waals surface area contributed by atoms with E-state index in [0.717, 1.165) is 14.8 Å². The van der Waals surface area contributed by atoms with Gasteiger partial charge in [0.25, 0.3) is 0 Å². The molecule has 0 bridgehead atoms. The van der Waals surface area contributed by atoms with Gasteiger partial charge in [-0.15, -0.1) is 11.3 Å². The lowest BCUT2D eigenvalue weighted by atomic mass is 10.2. The fourth-order valence-corrected chi connectivity index (χ4v) is 4.26. The van der Waals surface area contributed by atoms with Crippen molar-refractivity contribution < 1.29 is 18.0 Å². The lowest BCUT2D eigenvalue weighted by Crippen LogP contribution is -2.19. The summed E-state index contributed by atoms with van der Waals surface area (Å²) in [5, 5.41) is 3.48. The maximum Gasteiger partial charge on any atom is 0.406 e. The van der Waals surface area contributed by atoms with Gasteiger partial charge in [0.15, 0.2) is 5.78 Å². The van der Waals surface area contributed by atoms with Gasteiger partial charge >= 0.3 is 6.18 Å². The normalized spacial score (nSPS) is 12.0. The van der Waals surface area contributed by atoms with Crippen molar-refractivity contribution in [2.45, 2.75) is 31.6 Å². The van der Waals surface area contributed by atoms with Crippen LogP contribution in [0.4, 0.5) is 13.2 Å². The lowest BCUT2D eigenvalue weighted by molar-refractivity contribution is -0.141. The average molecular weight is 385 g/mol. The van der Waals surface area contributed by atoms with Crippen LogP contribution in [0, 0.1) is 13.8 Å². The van der Waals surface area contributed by atoms with Gasteiger partial charge in [0.2, 0.25) is 0 Å². The number of Topliss-reactive ketones (excluding diaryl/α,β-unsaturated/α-hetero) is 1. The number of carbonyl (C=O) groups is 1. The molecule has 4 nitrogen and oxygen atoms in total. The maximum absolute atomic E-state index is 12.7. The number of ketones is 1. The molecule has 0 fully saturated rings. The highest BCUT2D eigenvalue weighted by Gasteiger charge is 2.30. The largest absolute Gasteiger partial charge is 0.406 e. The summed E-state index contributed by atoms with van der Waals surface area (Å²) in [6.45, 7) is 2.02. The molecule has 0 radical (unpaired) electrons. The van der Waals surface area contributed by atoms with Crippen LogP contribution in [0.5, 0.6) is 0 Å². The Morgan fingerprint density at radius 2 is 2.08 bits per heavy atom. The van der Waals surface area contributed by atoms with Crippen molar-refractivity contribution in [2.24, 2.45) is 0 Å². The third-order valence-electron chi connectivity index (χ3n) is 3.78. The number of hydrogen-bond acceptors (Lipinski definition) is 5. The molecule has 0 atom stereocenters. The second-order valence-corrected chi connectivity index (χ2v) is 7.37. The quantitative estimate of drug-likeness (QED) is 0.364. The molecule has 132 valence electrons. The Bertz CT molecular complexity index is 930. The molecule has 0 saturated carbocycles. The first-order chi connectivity index (χ1) is 11.8. The molecule has 0 aliphatic rings. The van der Waals surface area contributed by atoms with E-state index in [2.05, 4.69) is 9.97 Å². The zero-order valence-electron chi connectivity index (χ0n) is 13.4. The van der Waals surface area contributed by atoms with Gasteiger partial charge in [0.1, 0.15) is 22.7 Å². The Morgan fingerprint density at radius 3 is 2.80 bits per heavy atom.